The van der Waals surface area contributed by atoms with Crippen LogP contribution >= 0.6 is 0 Å². The van der Waals surface area contributed by atoms with E-state index in [1.165, 1.54) is 34.1 Å². The van der Waals surface area contributed by atoms with E-state index in [2.05, 4.69) is 42.3 Å². The maximum absolute atomic E-state index is 5.90. The van der Waals surface area contributed by atoms with Gasteiger partial charge < -0.3 is 16.0 Å². The fraction of sp³-hybridized carbons (Fsp3) is 0.467. The van der Waals surface area contributed by atoms with Gasteiger partial charge in [0.05, 0.1) is 0 Å². The number of nitrogens with two attached hydrogens (primary N) is 1. The summed E-state index contributed by atoms with van der Waals surface area (Å²) >= 11 is 0. The van der Waals surface area contributed by atoms with E-state index in [1.54, 1.807) is 0 Å². The molecule has 0 amide bonds. The highest BCUT2D eigenvalue weighted by Gasteiger charge is 2.30. The van der Waals surface area contributed by atoms with E-state index < -0.39 is 0 Å². The van der Waals surface area contributed by atoms with E-state index in [9.17, 15) is 0 Å². The highest BCUT2D eigenvalue weighted by molar-refractivity contribution is 5.85. The van der Waals surface area contributed by atoms with Crippen LogP contribution in [0.3, 0.4) is 0 Å². The number of hydrogen-bond donors (Lipinski definition) is 3. The van der Waals surface area contributed by atoms with E-state index in [0.29, 0.717) is 12.0 Å². The molecule has 2 atom stereocenters. The largest absolute Gasteiger partial charge is 0.358 e. The topological polar surface area (TPSA) is 53.8 Å². The van der Waals surface area contributed by atoms with E-state index in [-0.39, 0.29) is 0 Å². The maximum atomic E-state index is 5.90. The second-order valence-corrected chi connectivity index (χ2v) is 5.43. The lowest BCUT2D eigenvalue weighted by Gasteiger charge is -2.18. The first-order valence-corrected chi connectivity index (χ1v) is 6.73. The first-order valence-electron chi connectivity index (χ1n) is 6.73. The Balaban J connectivity index is 2.13. The zero-order valence-corrected chi connectivity index (χ0v) is 11.1. The second kappa shape index (κ2) is 4.41. The number of aryl methyl sites for hydroxylation is 2. The predicted molar refractivity (Wildman–Crippen MR) is 75.7 cm³/mol. The third kappa shape index (κ3) is 1.74. The molecule has 2 aromatic rings. The van der Waals surface area contributed by atoms with Gasteiger partial charge in [0.2, 0.25) is 0 Å². The highest BCUT2D eigenvalue weighted by atomic mass is 15.0. The Morgan fingerprint density at radius 1 is 1.33 bits per heavy atom. The average molecular weight is 243 g/mol. The van der Waals surface area contributed by atoms with Crippen LogP contribution < -0.4 is 11.1 Å². The standard InChI is InChI=1S/C15H21N3/c1-9-3-4-12-13(7-9)18-10(2)14(12)15-11(8-16)5-6-17-15/h3-4,7,11,15,17-18H,5-6,8,16H2,1-2H3. The molecule has 3 rings (SSSR count). The lowest BCUT2D eigenvalue weighted by atomic mass is 9.92. The van der Waals surface area contributed by atoms with Crippen LogP contribution in [0.5, 0.6) is 0 Å². The molecule has 0 radical (unpaired) electrons. The number of nitrogens with one attached hydrogen (secondary N) is 2. The molecule has 18 heavy (non-hydrogen) atoms. The van der Waals surface area contributed by atoms with Crippen molar-refractivity contribution in [3.8, 4) is 0 Å². The molecule has 4 N–H and O–H groups in total. The van der Waals surface area contributed by atoms with Crippen LogP contribution in [0, 0.1) is 19.8 Å². The predicted octanol–water partition coefficient (Wildman–Crippen LogP) is 2.39. The lowest BCUT2D eigenvalue weighted by molar-refractivity contribution is 0.473. The van der Waals surface area contributed by atoms with Crippen LogP contribution in [0.25, 0.3) is 10.9 Å². The van der Waals surface area contributed by atoms with Crippen molar-refractivity contribution in [1.82, 2.24) is 10.3 Å². The molecule has 1 aliphatic rings. The molecule has 1 aromatic heterocycles. The quantitative estimate of drug-likeness (QED) is 0.758. The molecule has 1 aromatic carbocycles. The van der Waals surface area contributed by atoms with Crippen molar-refractivity contribution in [3.63, 3.8) is 0 Å². The molecular weight excluding hydrogens is 222 g/mol. The third-order valence-electron chi connectivity index (χ3n) is 4.16. The summed E-state index contributed by atoms with van der Waals surface area (Å²) in [5.74, 6) is 0.559. The molecule has 3 heteroatoms. The fourth-order valence-corrected chi connectivity index (χ4v) is 3.22. The summed E-state index contributed by atoms with van der Waals surface area (Å²) in [5, 5.41) is 4.95. The van der Waals surface area contributed by atoms with E-state index in [1.807, 2.05) is 0 Å². The van der Waals surface area contributed by atoms with Crippen molar-refractivity contribution in [2.24, 2.45) is 11.7 Å². The van der Waals surface area contributed by atoms with Crippen LogP contribution in [-0.2, 0) is 0 Å². The minimum absolute atomic E-state index is 0.409. The molecule has 2 unspecified atom stereocenters. The molecular formula is C15H21N3. The van der Waals surface area contributed by atoms with Crippen LogP contribution in [0.2, 0.25) is 0 Å². The number of benzene rings is 1. The normalized spacial score (nSPS) is 23.9. The van der Waals surface area contributed by atoms with Gasteiger partial charge in [-0.1, -0.05) is 12.1 Å². The Labute approximate surface area is 108 Å². The summed E-state index contributed by atoms with van der Waals surface area (Å²) in [6.45, 7) is 6.13. The molecule has 3 nitrogen and oxygen atoms in total. The van der Waals surface area contributed by atoms with Crippen molar-refractivity contribution in [1.29, 1.82) is 0 Å². The number of hydrogen-bond acceptors (Lipinski definition) is 2. The van der Waals surface area contributed by atoms with Crippen LogP contribution in [0.15, 0.2) is 18.2 Å². The number of fused-ring (bicyclic) bond motifs is 1. The minimum Gasteiger partial charge on any atom is -0.358 e. The molecule has 0 aliphatic carbocycles. The summed E-state index contributed by atoms with van der Waals surface area (Å²) in [5.41, 5.74) is 11.1. The number of rotatable bonds is 2. The number of H-pyrrole nitrogens is 1. The molecule has 0 saturated carbocycles. The lowest BCUT2D eigenvalue weighted by Crippen LogP contribution is -2.23. The van der Waals surface area contributed by atoms with Crippen molar-refractivity contribution in [3.05, 3.63) is 35.0 Å². The van der Waals surface area contributed by atoms with E-state index in [0.717, 1.165) is 13.1 Å². The molecule has 1 saturated heterocycles. The Kier molecular flexibility index (Phi) is 2.88. The van der Waals surface area contributed by atoms with Crippen molar-refractivity contribution in [2.45, 2.75) is 26.3 Å². The fourth-order valence-electron chi connectivity index (χ4n) is 3.22. The van der Waals surface area contributed by atoms with Crippen LogP contribution in [-0.4, -0.2) is 18.1 Å². The van der Waals surface area contributed by atoms with Gasteiger partial charge in [-0.25, -0.2) is 0 Å². The number of aromatic amines is 1. The van der Waals surface area contributed by atoms with Gasteiger partial charge in [-0.05, 0) is 56.5 Å². The van der Waals surface area contributed by atoms with Gasteiger partial charge in [0.15, 0.2) is 0 Å². The average Bonchev–Trinajstić information content (AvgIpc) is 2.90. The Morgan fingerprint density at radius 3 is 2.94 bits per heavy atom. The zero-order valence-electron chi connectivity index (χ0n) is 11.1. The van der Waals surface area contributed by atoms with Crippen molar-refractivity contribution in [2.75, 3.05) is 13.1 Å². The van der Waals surface area contributed by atoms with Gasteiger partial charge >= 0.3 is 0 Å². The van der Waals surface area contributed by atoms with E-state index in [4.69, 9.17) is 5.73 Å². The highest BCUT2D eigenvalue weighted by Crippen LogP contribution is 2.35. The number of aromatic nitrogens is 1. The Bertz CT molecular complexity index is 570. The van der Waals surface area contributed by atoms with Gasteiger partial charge in [0.1, 0.15) is 0 Å². The van der Waals surface area contributed by atoms with Gasteiger partial charge in [-0.2, -0.15) is 0 Å². The molecule has 0 spiro atoms. The van der Waals surface area contributed by atoms with Gasteiger partial charge in [-0.15, -0.1) is 0 Å². The Hall–Kier alpha value is -1.32. The van der Waals surface area contributed by atoms with Crippen molar-refractivity contribution < 1.29 is 0 Å². The first-order chi connectivity index (χ1) is 8.70. The monoisotopic (exact) mass is 243 g/mol. The summed E-state index contributed by atoms with van der Waals surface area (Å²) in [6, 6.07) is 7.05. The molecule has 0 bridgehead atoms. The van der Waals surface area contributed by atoms with Crippen molar-refractivity contribution >= 4 is 10.9 Å². The molecule has 96 valence electrons. The SMILES string of the molecule is Cc1ccc2c(C3NCCC3CN)c(C)[nH]c2c1. The van der Waals surface area contributed by atoms with Gasteiger partial charge in [0, 0.05) is 22.6 Å². The van der Waals surface area contributed by atoms with Gasteiger partial charge in [0.25, 0.3) is 0 Å². The second-order valence-electron chi connectivity index (χ2n) is 5.43. The van der Waals surface area contributed by atoms with Crippen LogP contribution in [0.4, 0.5) is 0 Å². The van der Waals surface area contributed by atoms with Crippen LogP contribution in [0.1, 0.15) is 29.3 Å². The molecule has 1 aliphatic heterocycles. The Morgan fingerprint density at radius 2 is 2.17 bits per heavy atom. The summed E-state index contributed by atoms with van der Waals surface area (Å²) < 4.78 is 0. The molecule has 1 fully saturated rings. The maximum Gasteiger partial charge on any atom is 0.0462 e. The molecule has 2 heterocycles. The first kappa shape index (κ1) is 11.8. The minimum atomic E-state index is 0.409. The van der Waals surface area contributed by atoms with E-state index >= 15 is 0 Å². The zero-order chi connectivity index (χ0) is 12.7. The smallest absolute Gasteiger partial charge is 0.0462 e. The third-order valence-corrected chi connectivity index (χ3v) is 4.16. The summed E-state index contributed by atoms with van der Waals surface area (Å²) in [6.07, 6.45) is 1.18. The summed E-state index contributed by atoms with van der Waals surface area (Å²) in [7, 11) is 0. The van der Waals surface area contributed by atoms with Gasteiger partial charge in [-0.3, -0.25) is 0 Å². The summed E-state index contributed by atoms with van der Waals surface area (Å²) in [4.78, 5) is 3.51.